The van der Waals surface area contributed by atoms with Crippen molar-refractivity contribution in [1.82, 2.24) is 9.78 Å². The lowest BCUT2D eigenvalue weighted by Gasteiger charge is -2.32. The fourth-order valence-electron chi connectivity index (χ4n) is 2.73. The van der Waals surface area contributed by atoms with Gasteiger partial charge in [0.25, 0.3) is 0 Å². The van der Waals surface area contributed by atoms with Crippen molar-refractivity contribution >= 4 is 11.5 Å². The lowest BCUT2D eigenvalue weighted by Crippen LogP contribution is -2.40. The third-order valence-electron chi connectivity index (χ3n) is 3.36. The zero-order valence-corrected chi connectivity index (χ0v) is 8.75. The molecule has 1 saturated heterocycles. The predicted octanol–water partition coefficient (Wildman–Crippen LogP) is 1.12. The SMILES string of the molecule is Cc1nn(C)c2c1NC[C@H]1CCCN21. The van der Waals surface area contributed by atoms with Crippen LogP contribution in [0.4, 0.5) is 11.5 Å². The van der Waals surface area contributed by atoms with Crippen molar-refractivity contribution in [1.29, 1.82) is 0 Å². The molecule has 2 aliphatic rings. The highest BCUT2D eigenvalue weighted by Gasteiger charge is 2.33. The molecule has 1 aromatic rings. The number of anilines is 2. The number of nitrogens with one attached hydrogen (secondary N) is 1. The molecule has 0 unspecified atom stereocenters. The van der Waals surface area contributed by atoms with Crippen LogP contribution in [-0.4, -0.2) is 28.9 Å². The number of nitrogens with zero attached hydrogens (tertiary/aromatic N) is 3. The normalized spacial score (nSPS) is 24.4. The Bertz CT molecular complexity index is 368. The van der Waals surface area contributed by atoms with E-state index < -0.39 is 0 Å². The Balaban J connectivity index is 2.12. The first-order chi connectivity index (χ1) is 6.77. The molecular weight excluding hydrogens is 176 g/mol. The number of fused-ring (bicyclic) bond motifs is 3. The molecule has 0 amide bonds. The van der Waals surface area contributed by atoms with Crippen LogP contribution < -0.4 is 10.2 Å². The van der Waals surface area contributed by atoms with E-state index in [4.69, 9.17) is 0 Å². The van der Waals surface area contributed by atoms with E-state index >= 15 is 0 Å². The van der Waals surface area contributed by atoms with Crippen LogP contribution in [0.1, 0.15) is 18.5 Å². The molecule has 1 atom stereocenters. The van der Waals surface area contributed by atoms with E-state index in [2.05, 4.69) is 22.2 Å². The summed E-state index contributed by atoms with van der Waals surface area (Å²) in [5, 5.41) is 7.96. The molecule has 14 heavy (non-hydrogen) atoms. The molecule has 0 spiro atoms. The first-order valence-corrected chi connectivity index (χ1v) is 5.31. The van der Waals surface area contributed by atoms with Crippen LogP contribution in [0.25, 0.3) is 0 Å². The number of aromatic nitrogens is 2. The Morgan fingerprint density at radius 3 is 3.21 bits per heavy atom. The van der Waals surface area contributed by atoms with Gasteiger partial charge in [0.15, 0.2) is 5.82 Å². The molecule has 0 bridgehead atoms. The zero-order chi connectivity index (χ0) is 9.71. The highest BCUT2D eigenvalue weighted by Crippen LogP contribution is 2.37. The van der Waals surface area contributed by atoms with E-state index in [0.717, 1.165) is 12.2 Å². The Morgan fingerprint density at radius 1 is 1.50 bits per heavy atom. The first-order valence-electron chi connectivity index (χ1n) is 5.31. The first kappa shape index (κ1) is 8.15. The van der Waals surface area contributed by atoms with Crippen LogP contribution >= 0.6 is 0 Å². The summed E-state index contributed by atoms with van der Waals surface area (Å²) in [6, 6.07) is 0.692. The van der Waals surface area contributed by atoms with Crippen molar-refractivity contribution in [2.45, 2.75) is 25.8 Å². The van der Waals surface area contributed by atoms with Crippen molar-refractivity contribution < 1.29 is 0 Å². The lowest BCUT2D eigenvalue weighted by atomic mass is 10.1. The number of hydrogen-bond acceptors (Lipinski definition) is 3. The summed E-state index contributed by atoms with van der Waals surface area (Å²) < 4.78 is 2.01. The maximum absolute atomic E-state index is 4.47. The summed E-state index contributed by atoms with van der Waals surface area (Å²) in [4.78, 5) is 2.51. The summed E-state index contributed by atoms with van der Waals surface area (Å²) >= 11 is 0. The topological polar surface area (TPSA) is 33.1 Å². The van der Waals surface area contributed by atoms with E-state index in [9.17, 15) is 0 Å². The van der Waals surface area contributed by atoms with Crippen LogP contribution in [0.15, 0.2) is 0 Å². The molecule has 0 aromatic carbocycles. The molecule has 1 aromatic heterocycles. The second kappa shape index (κ2) is 2.65. The average molecular weight is 192 g/mol. The van der Waals surface area contributed by atoms with Crippen LogP contribution in [0.2, 0.25) is 0 Å². The smallest absolute Gasteiger partial charge is 0.150 e. The molecule has 1 fully saturated rings. The van der Waals surface area contributed by atoms with Gasteiger partial charge in [-0.15, -0.1) is 0 Å². The molecule has 3 rings (SSSR count). The number of aryl methyl sites for hydroxylation is 2. The molecule has 0 saturated carbocycles. The van der Waals surface area contributed by atoms with Gasteiger partial charge in [0, 0.05) is 26.2 Å². The highest BCUT2D eigenvalue weighted by molar-refractivity contribution is 5.72. The number of hydrogen-bond donors (Lipinski definition) is 1. The molecule has 1 N–H and O–H groups in total. The maximum atomic E-state index is 4.47. The van der Waals surface area contributed by atoms with Gasteiger partial charge in [-0.3, -0.25) is 4.68 Å². The minimum absolute atomic E-state index is 0.692. The molecule has 0 radical (unpaired) electrons. The van der Waals surface area contributed by atoms with Crippen molar-refractivity contribution in [2.24, 2.45) is 7.05 Å². The summed E-state index contributed by atoms with van der Waals surface area (Å²) in [5.74, 6) is 1.29. The standard InChI is InChI=1S/C10H16N4/c1-7-9-10(13(2)12-7)14-5-3-4-8(14)6-11-9/h8,11H,3-6H2,1-2H3/t8-/m1/s1. The van der Waals surface area contributed by atoms with Crippen LogP contribution in [0, 0.1) is 6.92 Å². The maximum Gasteiger partial charge on any atom is 0.150 e. The van der Waals surface area contributed by atoms with Crippen LogP contribution in [0.5, 0.6) is 0 Å². The fraction of sp³-hybridized carbons (Fsp3) is 0.700. The third-order valence-corrected chi connectivity index (χ3v) is 3.36. The molecule has 76 valence electrons. The summed E-state index contributed by atoms with van der Waals surface area (Å²) in [5.41, 5.74) is 2.36. The van der Waals surface area contributed by atoms with Gasteiger partial charge in [0.05, 0.1) is 5.69 Å². The number of rotatable bonds is 0. The fourth-order valence-corrected chi connectivity index (χ4v) is 2.73. The molecule has 4 heteroatoms. The van der Waals surface area contributed by atoms with E-state index in [1.165, 1.54) is 30.9 Å². The van der Waals surface area contributed by atoms with Crippen molar-refractivity contribution in [3.63, 3.8) is 0 Å². The Morgan fingerprint density at radius 2 is 2.36 bits per heavy atom. The quantitative estimate of drug-likeness (QED) is 0.668. The minimum atomic E-state index is 0.692. The van der Waals surface area contributed by atoms with Gasteiger partial charge in [-0.05, 0) is 19.8 Å². The minimum Gasteiger partial charge on any atom is -0.378 e. The van der Waals surface area contributed by atoms with E-state index in [0.29, 0.717) is 6.04 Å². The van der Waals surface area contributed by atoms with Gasteiger partial charge >= 0.3 is 0 Å². The lowest BCUT2D eigenvalue weighted by molar-refractivity contribution is 0.647. The summed E-state index contributed by atoms with van der Waals surface area (Å²) in [6.45, 7) is 4.35. The summed E-state index contributed by atoms with van der Waals surface area (Å²) in [6.07, 6.45) is 2.63. The molecule has 4 nitrogen and oxygen atoms in total. The van der Waals surface area contributed by atoms with E-state index in [1.54, 1.807) is 0 Å². The third kappa shape index (κ3) is 0.910. The largest absolute Gasteiger partial charge is 0.378 e. The Kier molecular flexibility index (Phi) is 1.54. The zero-order valence-electron chi connectivity index (χ0n) is 8.75. The van der Waals surface area contributed by atoms with Crippen LogP contribution in [0.3, 0.4) is 0 Å². The molecular formula is C10H16N4. The van der Waals surface area contributed by atoms with Gasteiger partial charge in [0.1, 0.15) is 5.69 Å². The summed E-state index contributed by atoms with van der Waals surface area (Å²) in [7, 11) is 2.04. The Hall–Kier alpha value is -1.19. The monoisotopic (exact) mass is 192 g/mol. The average Bonchev–Trinajstić information content (AvgIpc) is 2.71. The van der Waals surface area contributed by atoms with Gasteiger partial charge in [-0.1, -0.05) is 0 Å². The highest BCUT2D eigenvalue weighted by atomic mass is 15.4. The van der Waals surface area contributed by atoms with E-state index in [-0.39, 0.29) is 0 Å². The van der Waals surface area contributed by atoms with Crippen molar-refractivity contribution in [3.8, 4) is 0 Å². The molecule has 0 aliphatic carbocycles. The van der Waals surface area contributed by atoms with E-state index in [1.807, 2.05) is 11.7 Å². The molecule has 3 heterocycles. The Labute approximate surface area is 83.9 Å². The van der Waals surface area contributed by atoms with Gasteiger partial charge in [-0.25, -0.2) is 0 Å². The van der Waals surface area contributed by atoms with Gasteiger partial charge < -0.3 is 10.2 Å². The second-order valence-electron chi connectivity index (χ2n) is 4.28. The van der Waals surface area contributed by atoms with Gasteiger partial charge in [0.2, 0.25) is 0 Å². The predicted molar refractivity (Wildman–Crippen MR) is 56.8 cm³/mol. The van der Waals surface area contributed by atoms with Crippen LogP contribution in [-0.2, 0) is 7.05 Å². The molecule has 2 aliphatic heterocycles. The van der Waals surface area contributed by atoms with Gasteiger partial charge in [-0.2, -0.15) is 5.10 Å². The second-order valence-corrected chi connectivity index (χ2v) is 4.28. The van der Waals surface area contributed by atoms with Crippen molar-refractivity contribution in [2.75, 3.05) is 23.3 Å². The van der Waals surface area contributed by atoms with Crippen molar-refractivity contribution in [3.05, 3.63) is 5.69 Å².